The summed E-state index contributed by atoms with van der Waals surface area (Å²) in [5.74, 6) is -1.03. The van der Waals surface area contributed by atoms with Gasteiger partial charge in [0.05, 0.1) is 31.8 Å². The minimum absolute atomic E-state index is 0.0126. The number of halogens is 3. The van der Waals surface area contributed by atoms with Crippen molar-refractivity contribution in [2.24, 2.45) is 4.99 Å². The number of thiazole rings is 1. The summed E-state index contributed by atoms with van der Waals surface area (Å²) in [4.78, 5) is 43.2. The van der Waals surface area contributed by atoms with E-state index in [1.165, 1.54) is 41.0 Å². The highest BCUT2D eigenvalue weighted by Gasteiger charge is 2.34. The number of aromatic nitrogens is 1. The first-order valence-electron chi connectivity index (χ1n) is 12.9. The SMILES string of the molecule is CCOC(=O)C1=C(C)N=c2s/c(=C\c3cc(Br)c(OCc4ccc(F)cc4)c([N+](=O)[O-])c3)c(=O)n2[C@H]1c1ccccc1Cl. The Morgan fingerprint density at radius 1 is 1.23 bits per heavy atom. The number of ether oxygens (including phenoxy) is 2. The summed E-state index contributed by atoms with van der Waals surface area (Å²) in [6, 6.07) is 14.5. The summed E-state index contributed by atoms with van der Waals surface area (Å²) < 4.78 is 26.2. The molecule has 1 aliphatic heterocycles. The monoisotopic (exact) mass is 685 g/mol. The molecule has 3 aromatic carbocycles. The predicted octanol–water partition coefficient (Wildman–Crippen LogP) is 5.84. The van der Waals surface area contributed by atoms with Gasteiger partial charge in [-0.1, -0.05) is 53.3 Å². The molecule has 0 aliphatic carbocycles. The molecule has 9 nitrogen and oxygen atoms in total. The highest BCUT2D eigenvalue weighted by atomic mass is 79.9. The summed E-state index contributed by atoms with van der Waals surface area (Å²) in [6.07, 6.45) is 1.51. The minimum Gasteiger partial charge on any atom is -0.481 e. The van der Waals surface area contributed by atoms with Crippen molar-refractivity contribution < 1.29 is 23.6 Å². The number of rotatable bonds is 8. The quantitative estimate of drug-likeness (QED) is 0.131. The van der Waals surface area contributed by atoms with Crippen LogP contribution in [0.15, 0.2) is 86.2 Å². The van der Waals surface area contributed by atoms with Crippen molar-refractivity contribution in [1.82, 2.24) is 4.57 Å². The van der Waals surface area contributed by atoms with Crippen LogP contribution in [0.2, 0.25) is 5.02 Å². The van der Waals surface area contributed by atoms with E-state index >= 15 is 0 Å². The Morgan fingerprint density at radius 2 is 1.95 bits per heavy atom. The maximum atomic E-state index is 13.9. The van der Waals surface area contributed by atoms with Crippen molar-refractivity contribution in [1.29, 1.82) is 0 Å². The molecule has 13 heteroatoms. The van der Waals surface area contributed by atoms with Crippen LogP contribution in [-0.2, 0) is 16.1 Å². The second kappa shape index (κ2) is 12.6. The smallest absolute Gasteiger partial charge is 0.338 e. The zero-order chi connectivity index (χ0) is 30.8. The summed E-state index contributed by atoms with van der Waals surface area (Å²) in [6.45, 7) is 3.46. The number of allylic oxidation sites excluding steroid dienone is 1. The van der Waals surface area contributed by atoms with Crippen LogP contribution in [0.3, 0.4) is 0 Å². The number of carbonyl (C=O) groups is 1. The van der Waals surface area contributed by atoms with E-state index in [0.717, 1.165) is 11.3 Å². The standard InChI is InChI=1S/C30H22BrClFN3O6S/c1-3-41-29(38)25-16(2)34-30-35(26(25)20-6-4-5-7-22(20)32)28(37)24(43-30)14-18-12-21(31)27(23(13-18)36(39)40)42-15-17-8-10-19(33)11-9-17/h4-14,26H,3,15H2,1-2H3/b24-14-/t26-/m0/s1. The Labute approximate surface area is 261 Å². The highest BCUT2D eigenvalue weighted by Crippen LogP contribution is 2.38. The number of benzene rings is 3. The molecule has 0 saturated carbocycles. The maximum absolute atomic E-state index is 13.9. The minimum atomic E-state index is -0.894. The van der Waals surface area contributed by atoms with Gasteiger partial charge in [0.15, 0.2) is 4.80 Å². The fourth-order valence-electron chi connectivity index (χ4n) is 4.63. The third-order valence-electron chi connectivity index (χ3n) is 6.55. The van der Waals surface area contributed by atoms with E-state index in [1.807, 2.05) is 0 Å². The van der Waals surface area contributed by atoms with Crippen molar-refractivity contribution in [3.05, 3.63) is 134 Å². The van der Waals surface area contributed by atoms with Crippen molar-refractivity contribution >= 4 is 56.6 Å². The molecule has 0 unspecified atom stereocenters. The Bertz CT molecular complexity index is 1970. The van der Waals surface area contributed by atoms with Gasteiger partial charge in [0.25, 0.3) is 5.56 Å². The lowest BCUT2D eigenvalue weighted by molar-refractivity contribution is -0.386. The fourth-order valence-corrected chi connectivity index (χ4v) is 6.50. The third kappa shape index (κ3) is 6.17. The molecule has 0 fully saturated rings. The zero-order valence-corrected chi connectivity index (χ0v) is 25.8. The van der Waals surface area contributed by atoms with Crippen molar-refractivity contribution in [2.45, 2.75) is 26.5 Å². The number of nitro groups is 1. The van der Waals surface area contributed by atoms with Crippen molar-refractivity contribution in [2.75, 3.05) is 6.61 Å². The lowest BCUT2D eigenvalue weighted by Gasteiger charge is -2.25. The van der Waals surface area contributed by atoms with Gasteiger partial charge >= 0.3 is 11.7 Å². The van der Waals surface area contributed by atoms with E-state index in [0.29, 0.717) is 32.2 Å². The molecule has 4 aromatic rings. The third-order valence-corrected chi connectivity index (χ3v) is 8.47. The van der Waals surface area contributed by atoms with Crippen LogP contribution in [0.25, 0.3) is 6.08 Å². The predicted molar refractivity (Wildman–Crippen MR) is 163 cm³/mol. The summed E-state index contributed by atoms with van der Waals surface area (Å²) in [7, 11) is 0. The zero-order valence-electron chi connectivity index (χ0n) is 22.7. The maximum Gasteiger partial charge on any atom is 0.338 e. The molecule has 0 saturated heterocycles. The van der Waals surface area contributed by atoms with Gasteiger partial charge in [-0.3, -0.25) is 19.5 Å². The van der Waals surface area contributed by atoms with Gasteiger partial charge in [-0.25, -0.2) is 14.2 Å². The van der Waals surface area contributed by atoms with Crippen LogP contribution in [0.4, 0.5) is 10.1 Å². The number of fused-ring (bicyclic) bond motifs is 1. The van der Waals surface area contributed by atoms with Gasteiger partial charge in [-0.05, 0) is 76.8 Å². The molecular weight excluding hydrogens is 665 g/mol. The Hall–Kier alpha value is -4.13. The van der Waals surface area contributed by atoms with Crippen LogP contribution >= 0.6 is 38.9 Å². The first-order chi connectivity index (χ1) is 20.6. The lowest BCUT2D eigenvalue weighted by atomic mass is 9.96. The molecule has 220 valence electrons. The topological polar surface area (TPSA) is 113 Å². The number of esters is 1. The number of carbonyl (C=O) groups excluding carboxylic acids is 1. The molecule has 1 atom stereocenters. The lowest BCUT2D eigenvalue weighted by Crippen LogP contribution is -2.40. The Balaban J connectivity index is 1.60. The average molecular weight is 687 g/mol. The van der Waals surface area contributed by atoms with Crippen LogP contribution < -0.4 is 19.6 Å². The highest BCUT2D eigenvalue weighted by molar-refractivity contribution is 9.10. The summed E-state index contributed by atoms with van der Waals surface area (Å²) in [5.41, 5.74) is 1.29. The van der Waals surface area contributed by atoms with E-state index in [-0.39, 0.29) is 39.2 Å². The van der Waals surface area contributed by atoms with Crippen molar-refractivity contribution in [3.63, 3.8) is 0 Å². The average Bonchev–Trinajstić information content (AvgIpc) is 3.26. The van der Waals surface area contributed by atoms with Gasteiger partial charge in [0, 0.05) is 11.1 Å². The molecule has 0 spiro atoms. The Morgan fingerprint density at radius 3 is 2.63 bits per heavy atom. The van der Waals surface area contributed by atoms with Crippen LogP contribution in [0.5, 0.6) is 5.75 Å². The Kier molecular flexibility index (Phi) is 8.90. The van der Waals surface area contributed by atoms with Gasteiger partial charge in [0.2, 0.25) is 5.75 Å². The molecule has 1 aromatic heterocycles. The van der Waals surface area contributed by atoms with E-state index in [4.69, 9.17) is 21.1 Å². The fraction of sp³-hybridized carbons (Fsp3) is 0.167. The van der Waals surface area contributed by atoms with Gasteiger partial charge in [-0.2, -0.15) is 0 Å². The molecule has 2 heterocycles. The van der Waals surface area contributed by atoms with E-state index in [2.05, 4.69) is 20.9 Å². The van der Waals surface area contributed by atoms with E-state index in [9.17, 15) is 24.1 Å². The van der Waals surface area contributed by atoms with Crippen LogP contribution in [0, 0.1) is 15.9 Å². The number of nitrogens with zero attached hydrogens (tertiary/aromatic N) is 3. The number of hydrogen-bond donors (Lipinski definition) is 0. The largest absolute Gasteiger partial charge is 0.481 e. The van der Waals surface area contributed by atoms with Crippen LogP contribution in [-0.4, -0.2) is 22.1 Å². The molecule has 0 N–H and O–H groups in total. The molecule has 43 heavy (non-hydrogen) atoms. The molecular formula is C30H22BrClFN3O6S. The van der Waals surface area contributed by atoms with Gasteiger partial charge < -0.3 is 9.47 Å². The first-order valence-corrected chi connectivity index (χ1v) is 14.9. The number of nitro benzene ring substituents is 1. The van der Waals surface area contributed by atoms with Gasteiger partial charge in [0.1, 0.15) is 18.5 Å². The summed E-state index contributed by atoms with van der Waals surface area (Å²) >= 11 is 11.0. The molecule has 1 aliphatic rings. The first kappa shape index (κ1) is 30.3. The molecule has 5 rings (SSSR count). The molecule has 0 bridgehead atoms. The molecule has 0 radical (unpaired) electrons. The second-order valence-electron chi connectivity index (χ2n) is 9.35. The second-order valence-corrected chi connectivity index (χ2v) is 11.6. The van der Waals surface area contributed by atoms with E-state index < -0.39 is 28.3 Å². The van der Waals surface area contributed by atoms with Crippen LogP contribution in [0.1, 0.15) is 36.6 Å². The number of hydrogen-bond acceptors (Lipinski definition) is 8. The normalized spacial score (nSPS) is 14.7. The summed E-state index contributed by atoms with van der Waals surface area (Å²) in [5, 5.41) is 12.3. The van der Waals surface area contributed by atoms with Crippen molar-refractivity contribution in [3.8, 4) is 5.75 Å². The van der Waals surface area contributed by atoms with Gasteiger partial charge in [-0.15, -0.1) is 0 Å². The molecule has 0 amide bonds. The van der Waals surface area contributed by atoms with E-state index in [1.54, 1.807) is 44.2 Å².